The van der Waals surface area contributed by atoms with Crippen LogP contribution in [0.25, 0.3) is 11.1 Å². The summed E-state index contributed by atoms with van der Waals surface area (Å²) in [7, 11) is 0. The van der Waals surface area contributed by atoms with E-state index in [0.29, 0.717) is 12.3 Å². The van der Waals surface area contributed by atoms with Crippen molar-refractivity contribution in [2.75, 3.05) is 6.54 Å². The maximum absolute atomic E-state index is 10.4. The minimum Gasteiger partial charge on any atom is -0.462 e. The van der Waals surface area contributed by atoms with E-state index in [0.717, 1.165) is 23.1 Å². The Morgan fingerprint density at radius 2 is 1.86 bits per heavy atom. The Hall–Kier alpha value is -1.92. The van der Waals surface area contributed by atoms with Gasteiger partial charge >= 0.3 is 0 Å². The molecule has 5 nitrogen and oxygen atoms in total. The molecule has 1 heterocycles. The molecule has 0 amide bonds. The van der Waals surface area contributed by atoms with Crippen LogP contribution in [-0.4, -0.2) is 40.9 Å². The van der Waals surface area contributed by atoms with Crippen LogP contribution in [0.4, 0.5) is 0 Å². The smallest absolute Gasteiger partial charge is 0.229 e. The third-order valence-corrected chi connectivity index (χ3v) is 5.73. The highest BCUT2D eigenvalue weighted by Crippen LogP contribution is 2.36. The predicted octanol–water partition coefficient (Wildman–Crippen LogP) is 3.03. The summed E-state index contributed by atoms with van der Waals surface area (Å²) in [6.45, 7) is 8.27. The molecule has 3 rings (SSSR count). The second kappa shape index (κ2) is 8.21. The van der Waals surface area contributed by atoms with Crippen molar-refractivity contribution < 1.29 is 19.7 Å². The molecule has 1 aliphatic rings. The van der Waals surface area contributed by atoms with Gasteiger partial charge in [0.15, 0.2) is 0 Å². The molecule has 0 unspecified atom stereocenters. The van der Waals surface area contributed by atoms with Gasteiger partial charge in [-0.3, -0.25) is 0 Å². The lowest BCUT2D eigenvalue weighted by Gasteiger charge is -2.46. The topological polar surface area (TPSA) is 84.9 Å². The molecule has 0 spiro atoms. The van der Waals surface area contributed by atoms with E-state index >= 15 is 0 Å². The number of ether oxygens (including phenoxy) is 2. The average Bonchev–Trinajstić information content (AvgIpc) is 2.66. The van der Waals surface area contributed by atoms with Gasteiger partial charge < -0.3 is 25.4 Å². The standard InChI is InChI=1S/C23H31NO4/c1-14-6-5-7-17(12-14)19-13-18(9-8-16(19)10-11-24)27-22-21(26)20(25)15(2)23(3,4)28-22/h5-9,12-13,15,20-22,25-26H,10-11,24H2,1-4H3/t15-,20-,21-,22-/m1/s1. The van der Waals surface area contributed by atoms with Gasteiger partial charge in [0.05, 0.1) is 11.7 Å². The van der Waals surface area contributed by atoms with Crippen molar-refractivity contribution in [3.8, 4) is 16.9 Å². The Balaban J connectivity index is 1.92. The highest BCUT2D eigenvalue weighted by Gasteiger charge is 2.47. The number of rotatable bonds is 5. The minimum atomic E-state index is -1.12. The number of nitrogens with two attached hydrogens (primary N) is 1. The number of aliphatic hydroxyl groups is 2. The molecular weight excluding hydrogens is 354 g/mol. The van der Waals surface area contributed by atoms with Crippen LogP contribution < -0.4 is 10.5 Å². The van der Waals surface area contributed by atoms with E-state index in [1.54, 1.807) is 0 Å². The first-order chi connectivity index (χ1) is 13.2. The van der Waals surface area contributed by atoms with E-state index in [4.69, 9.17) is 15.2 Å². The normalized spacial score (nSPS) is 26.8. The lowest BCUT2D eigenvalue weighted by molar-refractivity contribution is -0.284. The molecule has 28 heavy (non-hydrogen) atoms. The van der Waals surface area contributed by atoms with E-state index in [-0.39, 0.29) is 5.92 Å². The van der Waals surface area contributed by atoms with Gasteiger partial charge in [-0.25, -0.2) is 0 Å². The first kappa shape index (κ1) is 20.8. The summed E-state index contributed by atoms with van der Waals surface area (Å²) in [5.41, 5.74) is 9.63. The fourth-order valence-corrected chi connectivity index (χ4v) is 3.66. The molecule has 4 N–H and O–H groups in total. The molecule has 1 saturated heterocycles. The summed E-state index contributed by atoms with van der Waals surface area (Å²) in [6, 6.07) is 14.1. The quantitative estimate of drug-likeness (QED) is 0.737. The molecule has 2 aromatic carbocycles. The second-order valence-corrected chi connectivity index (χ2v) is 8.20. The monoisotopic (exact) mass is 385 g/mol. The molecule has 0 aliphatic carbocycles. The maximum Gasteiger partial charge on any atom is 0.229 e. The lowest BCUT2D eigenvalue weighted by atomic mass is 9.82. The Morgan fingerprint density at radius 3 is 2.54 bits per heavy atom. The molecule has 2 aromatic rings. The summed E-state index contributed by atoms with van der Waals surface area (Å²) >= 11 is 0. The summed E-state index contributed by atoms with van der Waals surface area (Å²) in [6.07, 6.45) is -2.21. The van der Waals surface area contributed by atoms with Crippen LogP contribution in [0, 0.1) is 12.8 Å². The molecular formula is C23H31NO4. The SMILES string of the molecule is Cc1cccc(-c2cc(O[C@@H]3OC(C)(C)[C@H](C)[C@@H](O)[C@H]3O)ccc2CCN)c1. The summed E-state index contributed by atoms with van der Waals surface area (Å²) < 4.78 is 11.9. The molecule has 5 heteroatoms. The first-order valence-corrected chi connectivity index (χ1v) is 9.83. The molecule has 0 bridgehead atoms. The van der Waals surface area contributed by atoms with Gasteiger partial charge in [-0.2, -0.15) is 0 Å². The Bertz CT molecular complexity index is 820. The number of aliphatic hydroxyl groups excluding tert-OH is 2. The third kappa shape index (κ3) is 4.23. The van der Waals surface area contributed by atoms with Crippen molar-refractivity contribution in [3.05, 3.63) is 53.6 Å². The zero-order valence-corrected chi connectivity index (χ0v) is 17.1. The van der Waals surface area contributed by atoms with Crippen LogP contribution in [0.3, 0.4) is 0 Å². The predicted molar refractivity (Wildman–Crippen MR) is 110 cm³/mol. The highest BCUT2D eigenvalue weighted by atomic mass is 16.7. The Kier molecular flexibility index (Phi) is 6.10. The van der Waals surface area contributed by atoms with E-state index in [1.807, 2.05) is 45.0 Å². The minimum absolute atomic E-state index is 0.211. The molecule has 1 fully saturated rings. The summed E-state index contributed by atoms with van der Waals surface area (Å²) in [4.78, 5) is 0. The summed E-state index contributed by atoms with van der Waals surface area (Å²) in [5.74, 6) is 0.371. The van der Waals surface area contributed by atoms with Crippen molar-refractivity contribution >= 4 is 0 Å². The fraction of sp³-hybridized carbons (Fsp3) is 0.478. The Morgan fingerprint density at radius 1 is 1.11 bits per heavy atom. The van der Waals surface area contributed by atoms with Crippen molar-refractivity contribution in [2.45, 2.75) is 58.2 Å². The molecule has 0 aromatic heterocycles. The van der Waals surface area contributed by atoms with Crippen LogP contribution in [0.1, 0.15) is 31.9 Å². The van der Waals surface area contributed by atoms with Crippen molar-refractivity contribution in [1.29, 1.82) is 0 Å². The van der Waals surface area contributed by atoms with E-state index < -0.39 is 24.1 Å². The second-order valence-electron chi connectivity index (χ2n) is 8.20. The average molecular weight is 386 g/mol. The van der Waals surface area contributed by atoms with Crippen molar-refractivity contribution in [1.82, 2.24) is 0 Å². The fourth-order valence-electron chi connectivity index (χ4n) is 3.66. The molecule has 1 aliphatic heterocycles. The summed E-state index contributed by atoms with van der Waals surface area (Å²) in [5, 5.41) is 20.8. The first-order valence-electron chi connectivity index (χ1n) is 9.83. The van der Waals surface area contributed by atoms with Gasteiger partial charge in [-0.1, -0.05) is 42.8 Å². The number of hydrogen-bond acceptors (Lipinski definition) is 5. The van der Waals surface area contributed by atoms with Crippen molar-refractivity contribution in [3.63, 3.8) is 0 Å². The van der Waals surface area contributed by atoms with Gasteiger partial charge in [0.1, 0.15) is 11.9 Å². The van der Waals surface area contributed by atoms with Crippen LogP contribution in [0.5, 0.6) is 5.75 Å². The molecule has 0 saturated carbocycles. The zero-order chi connectivity index (χ0) is 20.5. The maximum atomic E-state index is 10.4. The van der Waals surface area contributed by atoms with Crippen LogP contribution in [0.15, 0.2) is 42.5 Å². The van der Waals surface area contributed by atoms with Gasteiger partial charge in [0, 0.05) is 5.92 Å². The molecule has 0 radical (unpaired) electrons. The molecule has 4 atom stereocenters. The van der Waals surface area contributed by atoms with Crippen molar-refractivity contribution in [2.24, 2.45) is 11.7 Å². The van der Waals surface area contributed by atoms with Gasteiger partial charge in [-0.15, -0.1) is 0 Å². The van der Waals surface area contributed by atoms with E-state index in [9.17, 15) is 10.2 Å². The van der Waals surface area contributed by atoms with Crippen LogP contribution >= 0.6 is 0 Å². The van der Waals surface area contributed by atoms with Crippen LogP contribution in [0.2, 0.25) is 0 Å². The number of benzene rings is 2. The van der Waals surface area contributed by atoms with E-state index in [1.165, 1.54) is 5.56 Å². The lowest BCUT2D eigenvalue weighted by Crippen LogP contribution is -2.59. The van der Waals surface area contributed by atoms with Gasteiger partial charge in [0.25, 0.3) is 0 Å². The molecule has 152 valence electrons. The third-order valence-electron chi connectivity index (χ3n) is 5.73. The van der Waals surface area contributed by atoms with Crippen LogP contribution in [-0.2, 0) is 11.2 Å². The van der Waals surface area contributed by atoms with E-state index in [2.05, 4.69) is 25.1 Å². The largest absolute Gasteiger partial charge is 0.462 e. The van der Waals surface area contributed by atoms with Gasteiger partial charge in [-0.05, 0) is 62.6 Å². The number of aryl methyl sites for hydroxylation is 1. The Labute approximate surface area is 167 Å². The van der Waals surface area contributed by atoms with Gasteiger partial charge in [0.2, 0.25) is 6.29 Å². The number of hydrogen-bond donors (Lipinski definition) is 3. The highest BCUT2D eigenvalue weighted by molar-refractivity contribution is 5.69. The zero-order valence-electron chi connectivity index (χ0n) is 17.1.